The van der Waals surface area contributed by atoms with Crippen molar-refractivity contribution in [1.29, 1.82) is 0 Å². The van der Waals surface area contributed by atoms with E-state index >= 15 is 0 Å². The van der Waals surface area contributed by atoms with Gasteiger partial charge in [-0.15, -0.1) is 0 Å². The minimum Gasteiger partial charge on any atom is -0.488 e. The summed E-state index contributed by atoms with van der Waals surface area (Å²) in [6, 6.07) is 14.4. The molecule has 29 heavy (non-hydrogen) atoms. The van der Waals surface area contributed by atoms with Crippen LogP contribution in [0.2, 0.25) is 5.02 Å². The SMILES string of the molecule is O=C(COC(=O)c1ccccc1OCc1ccccc1Cl)NC1CCCCCC1. The molecule has 0 aliphatic heterocycles. The monoisotopic (exact) mass is 415 g/mol. The summed E-state index contributed by atoms with van der Waals surface area (Å²) in [7, 11) is 0. The van der Waals surface area contributed by atoms with Gasteiger partial charge in [-0.25, -0.2) is 4.79 Å². The molecule has 0 saturated heterocycles. The number of halogens is 1. The first-order valence-electron chi connectivity index (χ1n) is 10.0. The van der Waals surface area contributed by atoms with Crippen LogP contribution >= 0.6 is 11.6 Å². The summed E-state index contributed by atoms with van der Waals surface area (Å²) in [5.41, 5.74) is 1.10. The third-order valence-corrected chi connectivity index (χ3v) is 5.37. The van der Waals surface area contributed by atoms with Crippen molar-refractivity contribution < 1.29 is 19.1 Å². The summed E-state index contributed by atoms with van der Waals surface area (Å²) in [6.07, 6.45) is 6.65. The predicted octanol–water partition coefficient (Wildman–Crippen LogP) is 4.91. The van der Waals surface area contributed by atoms with E-state index in [2.05, 4.69) is 5.32 Å². The summed E-state index contributed by atoms with van der Waals surface area (Å²) >= 11 is 6.15. The quantitative estimate of drug-likeness (QED) is 0.515. The third kappa shape index (κ3) is 6.50. The van der Waals surface area contributed by atoms with Gasteiger partial charge in [-0.05, 0) is 31.0 Å². The molecular formula is C23H26ClNO4. The van der Waals surface area contributed by atoms with E-state index in [-0.39, 0.29) is 30.7 Å². The second-order valence-corrected chi connectivity index (χ2v) is 7.62. The molecule has 0 bridgehead atoms. The zero-order valence-electron chi connectivity index (χ0n) is 16.4. The molecule has 0 radical (unpaired) electrons. The molecule has 0 aromatic heterocycles. The second kappa shape index (κ2) is 10.9. The van der Waals surface area contributed by atoms with E-state index in [9.17, 15) is 9.59 Å². The van der Waals surface area contributed by atoms with Crippen molar-refractivity contribution in [3.63, 3.8) is 0 Å². The smallest absolute Gasteiger partial charge is 0.342 e. The number of amides is 1. The molecule has 1 N–H and O–H groups in total. The number of carbonyl (C=O) groups is 2. The van der Waals surface area contributed by atoms with Gasteiger partial charge >= 0.3 is 5.97 Å². The predicted molar refractivity (Wildman–Crippen MR) is 112 cm³/mol. The van der Waals surface area contributed by atoms with Crippen LogP contribution in [0.25, 0.3) is 0 Å². The zero-order valence-corrected chi connectivity index (χ0v) is 17.1. The van der Waals surface area contributed by atoms with E-state index in [1.807, 2.05) is 18.2 Å². The Hall–Kier alpha value is -2.53. The number of nitrogens with one attached hydrogen (secondary N) is 1. The van der Waals surface area contributed by atoms with Crippen molar-refractivity contribution in [3.05, 3.63) is 64.7 Å². The first kappa shape index (κ1) is 21.2. The van der Waals surface area contributed by atoms with Crippen LogP contribution in [0.5, 0.6) is 5.75 Å². The van der Waals surface area contributed by atoms with Crippen LogP contribution in [0.3, 0.4) is 0 Å². The molecule has 1 fully saturated rings. The van der Waals surface area contributed by atoms with Crippen LogP contribution < -0.4 is 10.1 Å². The van der Waals surface area contributed by atoms with E-state index in [0.717, 1.165) is 31.2 Å². The number of benzene rings is 2. The highest BCUT2D eigenvalue weighted by atomic mass is 35.5. The van der Waals surface area contributed by atoms with Crippen molar-refractivity contribution in [1.82, 2.24) is 5.32 Å². The van der Waals surface area contributed by atoms with Crippen LogP contribution in [0, 0.1) is 0 Å². The Kier molecular flexibility index (Phi) is 7.94. The minimum absolute atomic E-state index is 0.176. The summed E-state index contributed by atoms with van der Waals surface area (Å²) < 4.78 is 11.0. The Morgan fingerprint density at radius 3 is 2.41 bits per heavy atom. The highest BCUT2D eigenvalue weighted by molar-refractivity contribution is 6.31. The van der Waals surface area contributed by atoms with Gasteiger partial charge in [0.15, 0.2) is 6.61 Å². The van der Waals surface area contributed by atoms with Gasteiger partial charge in [0.2, 0.25) is 0 Å². The number of hydrogen-bond donors (Lipinski definition) is 1. The summed E-state index contributed by atoms with van der Waals surface area (Å²) in [5.74, 6) is -0.461. The third-order valence-electron chi connectivity index (χ3n) is 5.00. The number of carbonyl (C=O) groups excluding carboxylic acids is 2. The number of rotatable bonds is 7. The number of esters is 1. The lowest BCUT2D eigenvalue weighted by atomic mass is 10.1. The number of ether oxygens (including phenoxy) is 2. The molecule has 1 amide bonds. The summed E-state index contributed by atoms with van der Waals surface area (Å²) in [5, 5.41) is 3.57. The largest absolute Gasteiger partial charge is 0.488 e. The molecule has 0 spiro atoms. The molecule has 1 aliphatic rings. The fraction of sp³-hybridized carbons (Fsp3) is 0.391. The highest BCUT2D eigenvalue weighted by Crippen LogP contribution is 2.23. The Labute approximate surface area is 176 Å². The van der Waals surface area contributed by atoms with Crippen molar-refractivity contribution in [2.45, 2.75) is 51.2 Å². The molecule has 1 saturated carbocycles. The van der Waals surface area contributed by atoms with Crippen LogP contribution in [-0.2, 0) is 16.1 Å². The molecule has 2 aromatic carbocycles. The van der Waals surface area contributed by atoms with Gasteiger partial charge in [0, 0.05) is 16.6 Å². The average molecular weight is 416 g/mol. The van der Waals surface area contributed by atoms with Crippen LogP contribution in [0.1, 0.15) is 54.4 Å². The second-order valence-electron chi connectivity index (χ2n) is 7.21. The van der Waals surface area contributed by atoms with Crippen LogP contribution in [0.15, 0.2) is 48.5 Å². The van der Waals surface area contributed by atoms with Crippen molar-refractivity contribution in [2.75, 3.05) is 6.61 Å². The Morgan fingerprint density at radius 1 is 0.966 bits per heavy atom. The van der Waals surface area contributed by atoms with E-state index in [1.165, 1.54) is 12.8 Å². The summed E-state index contributed by atoms with van der Waals surface area (Å²) in [4.78, 5) is 24.6. The van der Waals surface area contributed by atoms with E-state index in [4.69, 9.17) is 21.1 Å². The topological polar surface area (TPSA) is 64.6 Å². The normalized spacial score (nSPS) is 14.7. The minimum atomic E-state index is -0.587. The molecular weight excluding hydrogens is 390 g/mol. The molecule has 3 rings (SSSR count). The van der Waals surface area contributed by atoms with Crippen molar-refractivity contribution in [3.8, 4) is 5.75 Å². The van der Waals surface area contributed by atoms with Gasteiger partial charge in [0.05, 0.1) is 0 Å². The molecule has 2 aromatic rings. The molecule has 0 atom stereocenters. The van der Waals surface area contributed by atoms with Gasteiger partial charge in [0.25, 0.3) is 5.91 Å². The highest BCUT2D eigenvalue weighted by Gasteiger charge is 2.18. The Bertz CT molecular complexity index is 831. The van der Waals surface area contributed by atoms with Crippen LogP contribution in [-0.4, -0.2) is 24.5 Å². The van der Waals surface area contributed by atoms with Crippen molar-refractivity contribution >= 4 is 23.5 Å². The molecule has 5 nitrogen and oxygen atoms in total. The van der Waals surface area contributed by atoms with Crippen molar-refractivity contribution in [2.24, 2.45) is 0 Å². The number of hydrogen-bond acceptors (Lipinski definition) is 4. The number of para-hydroxylation sites is 1. The van der Waals surface area contributed by atoms with E-state index in [0.29, 0.717) is 10.8 Å². The standard InChI is InChI=1S/C23H26ClNO4/c24-20-13-7-5-9-17(20)15-28-21-14-8-6-12-19(21)23(27)29-16-22(26)25-18-10-3-1-2-4-11-18/h5-9,12-14,18H,1-4,10-11,15-16H2,(H,25,26). The van der Waals surface area contributed by atoms with Gasteiger partial charge in [-0.2, -0.15) is 0 Å². The van der Waals surface area contributed by atoms with Gasteiger partial charge in [0.1, 0.15) is 17.9 Å². The fourth-order valence-electron chi connectivity index (χ4n) is 3.43. The first-order valence-corrected chi connectivity index (χ1v) is 10.4. The maximum absolute atomic E-state index is 12.5. The average Bonchev–Trinajstić information content (AvgIpc) is 3.00. The molecule has 0 unspecified atom stereocenters. The zero-order chi connectivity index (χ0) is 20.5. The van der Waals surface area contributed by atoms with Gasteiger partial charge in [-0.1, -0.05) is 67.6 Å². The van der Waals surface area contributed by atoms with Crippen LogP contribution in [0.4, 0.5) is 0 Å². The van der Waals surface area contributed by atoms with Gasteiger partial charge in [-0.3, -0.25) is 4.79 Å². The Morgan fingerprint density at radius 2 is 1.66 bits per heavy atom. The maximum Gasteiger partial charge on any atom is 0.342 e. The lowest BCUT2D eigenvalue weighted by Crippen LogP contribution is -2.37. The maximum atomic E-state index is 12.5. The van der Waals surface area contributed by atoms with E-state index in [1.54, 1.807) is 30.3 Å². The molecule has 154 valence electrons. The van der Waals surface area contributed by atoms with E-state index < -0.39 is 5.97 Å². The molecule has 6 heteroatoms. The fourth-order valence-corrected chi connectivity index (χ4v) is 3.62. The molecule has 0 heterocycles. The molecule has 1 aliphatic carbocycles. The lowest BCUT2D eigenvalue weighted by Gasteiger charge is -2.16. The summed E-state index contributed by atoms with van der Waals surface area (Å²) in [6.45, 7) is -0.0691. The first-order chi connectivity index (χ1) is 14.1. The lowest BCUT2D eigenvalue weighted by molar-refractivity contribution is -0.125. The Balaban J connectivity index is 1.54. The van der Waals surface area contributed by atoms with Gasteiger partial charge < -0.3 is 14.8 Å².